The van der Waals surface area contributed by atoms with E-state index in [9.17, 15) is 20.0 Å². The Kier molecular flexibility index (Phi) is 3.96. The molecule has 1 aromatic carbocycles. The van der Waals surface area contributed by atoms with Crippen LogP contribution in [0.15, 0.2) is 24.3 Å². The third-order valence-corrected chi connectivity index (χ3v) is 3.24. The van der Waals surface area contributed by atoms with Gasteiger partial charge in [0.1, 0.15) is 5.69 Å². The van der Waals surface area contributed by atoms with Gasteiger partial charge in [0, 0.05) is 6.07 Å². The monoisotopic (exact) mass is 265 g/mol. The van der Waals surface area contributed by atoms with E-state index < -0.39 is 16.9 Å². The number of amides is 1. The van der Waals surface area contributed by atoms with Gasteiger partial charge in [-0.3, -0.25) is 25.8 Å². The Morgan fingerprint density at radius 1 is 1.37 bits per heavy atom. The van der Waals surface area contributed by atoms with Gasteiger partial charge in [-0.25, -0.2) is 0 Å². The van der Waals surface area contributed by atoms with Crippen LogP contribution in [0.1, 0.15) is 19.3 Å². The van der Waals surface area contributed by atoms with E-state index in [2.05, 4.69) is 10.9 Å². The van der Waals surface area contributed by atoms with Crippen LogP contribution in [0.5, 0.6) is 0 Å². The fraction of sp³-hybridized carbons (Fsp3) is 0.417. The second-order valence-electron chi connectivity index (χ2n) is 4.49. The number of benzene rings is 1. The zero-order chi connectivity index (χ0) is 13.8. The van der Waals surface area contributed by atoms with Crippen LogP contribution >= 0.6 is 0 Å². The molecule has 0 aromatic heterocycles. The molecule has 1 fully saturated rings. The minimum Gasteiger partial charge on any atom is -0.392 e. The first-order valence-electron chi connectivity index (χ1n) is 6.07. The molecule has 7 heteroatoms. The molecular formula is C12H15N3O4. The molecule has 0 heterocycles. The summed E-state index contributed by atoms with van der Waals surface area (Å²) in [5, 5.41) is 20.4. The quantitative estimate of drug-likeness (QED) is 0.560. The van der Waals surface area contributed by atoms with E-state index in [-0.39, 0.29) is 17.3 Å². The SMILES string of the molecule is O=C(NNc1ccccc1[N+](=O)[O-])C1CCCC1O. The number of para-hydroxylation sites is 2. The molecule has 0 bridgehead atoms. The second-order valence-corrected chi connectivity index (χ2v) is 4.49. The molecule has 1 saturated carbocycles. The first kappa shape index (κ1) is 13.3. The highest BCUT2D eigenvalue weighted by molar-refractivity contribution is 5.81. The van der Waals surface area contributed by atoms with Gasteiger partial charge in [-0.1, -0.05) is 12.1 Å². The Morgan fingerprint density at radius 3 is 2.74 bits per heavy atom. The van der Waals surface area contributed by atoms with Crippen molar-refractivity contribution in [3.8, 4) is 0 Å². The number of nitro groups is 1. The third kappa shape index (κ3) is 3.00. The molecule has 1 aliphatic carbocycles. The summed E-state index contributed by atoms with van der Waals surface area (Å²) in [5.41, 5.74) is 5.05. The first-order chi connectivity index (χ1) is 9.09. The van der Waals surface area contributed by atoms with Gasteiger partial charge in [-0.2, -0.15) is 0 Å². The fourth-order valence-electron chi connectivity index (χ4n) is 2.21. The molecule has 7 nitrogen and oxygen atoms in total. The zero-order valence-corrected chi connectivity index (χ0v) is 10.2. The number of rotatable bonds is 4. The summed E-state index contributed by atoms with van der Waals surface area (Å²) >= 11 is 0. The normalized spacial score (nSPS) is 21.9. The predicted molar refractivity (Wildman–Crippen MR) is 68.2 cm³/mol. The van der Waals surface area contributed by atoms with Gasteiger partial charge >= 0.3 is 0 Å². The van der Waals surface area contributed by atoms with Crippen LogP contribution in [0.2, 0.25) is 0 Å². The Morgan fingerprint density at radius 2 is 2.11 bits per heavy atom. The highest BCUT2D eigenvalue weighted by atomic mass is 16.6. The average Bonchev–Trinajstić information content (AvgIpc) is 2.82. The van der Waals surface area contributed by atoms with E-state index in [1.165, 1.54) is 12.1 Å². The Bertz CT molecular complexity index is 492. The number of hydrazine groups is 1. The van der Waals surface area contributed by atoms with E-state index in [4.69, 9.17) is 0 Å². The fourth-order valence-corrected chi connectivity index (χ4v) is 2.21. The number of carbonyl (C=O) groups excluding carboxylic acids is 1. The van der Waals surface area contributed by atoms with Crippen LogP contribution in [-0.4, -0.2) is 22.0 Å². The number of hydrogen-bond acceptors (Lipinski definition) is 5. The molecule has 19 heavy (non-hydrogen) atoms. The average molecular weight is 265 g/mol. The summed E-state index contributed by atoms with van der Waals surface area (Å²) in [6.45, 7) is 0. The molecule has 1 amide bonds. The minimum absolute atomic E-state index is 0.116. The number of carbonyl (C=O) groups is 1. The largest absolute Gasteiger partial charge is 0.392 e. The van der Waals surface area contributed by atoms with Gasteiger partial charge in [-0.15, -0.1) is 0 Å². The smallest absolute Gasteiger partial charge is 0.294 e. The van der Waals surface area contributed by atoms with Gasteiger partial charge in [0.2, 0.25) is 5.91 Å². The number of nitrogens with one attached hydrogen (secondary N) is 2. The first-order valence-corrected chi connectivity index (χ1v) is 6.07. The van der Waals surface area contributed by atoms with Crippen molar-refractivity contribution in [2.45, 2.75) is 25.4 Å². The maximum absolute atomic E-state index is 11.8. The van der Waals surface area contributed by atoms with Crippen LogP contribution in [0, 0.1) is 16.0 Å². The molecule has 1 aromatic rings. The number of aliphatic hydroxyl groups excluding tert-OH is 1. The van der Waals surface area contributed by atoms with E-state index >= 15 is 0 Å². The lowest BCUT2D eigenvalue weighted by Crippen LogP contribution is -2.38. The van der Waals surface area contributed by atoms with E-state index in [1.807, 2.05) is 0 Å². The molecule has 0 aliphatic heterocycles. The third-order valence-electron chi connectivity index (χ3n) is 3.24. The molecule has 2 rings (SSSR count). The van der Waals surface area contributed by atoms with E-state index in [0.29, 0.717) is 12.8 Å². The number of nitro benzene ring substituents is 1. The van der Waals surface area contributed by atoms with Crippen molar-refractivity contribution in [3.63, 3.8) is 0 Å². The number of anilines is 1. The van der Waals surface area contributed by atoms with E-state index in [0.717, 1.165) is 6.42 Å². The van der Waals surface area contributed by atoms with Gasteiger partial charge in [-0.05, 0) is 25.3 Å². The molecular weight excluding hydrogens is 250 g/mol. The molecule has 2 atom stereocenters. The van der Waals surface area contributed by atoms with Crippen molar-refractivity contribution < 1.29 is 14.8 Å². The maximum atomic E-state index is 11.8. The zero-order valence-electron chi connectivity index (χ0n) is 10.2. The van der Waals surface area contributed by atoms with E-state index in [1.54, 1.807) is 12.1 Å². The molecule has 102 valence electrons. The maximum Gasteiger partial charge on any atom is 0.294 e. The van der Waals surface area contributed by atoms with Crippen molar-refractivity contribution in [2.75, 3.05) is 5.43 Å². The summed E-state index contributed by atoms with van der Waals surface area (Å²) in [6.07, 6.45) is 1.42. The van der Waals surface area contributed by atoms with Crippen LogP contribution in [0.25, 0.3) is 0 Å². The molecule has 0 saturated heterocycles. The van der Waals surface area contributed by atoms with Crippen molar-refractivity contribution in [2.24, 2.45) is 5.92 Å². The van der Waals surface area contributed by atoms with Crippen molar-refractivity contribution >= 4 is 17.3 Å². The molecule has 0 radical (unpaired) electrons. The van der Waals surface area contributed by atoms with Crippen molar-refractivity contribution in [3.05, 3.63) is 34.4 Å². The van der Waals surface area contributed by atoms with Gasteiger partial charge in [0.25, 0.3) is 5.69 Å². The lowest BCUT2D eigenvalue weighted by atomic mass is 10.1. The van der Waals surface area contributed by atoms with Crippen LogP contribution in [0.3, 0.4) is 0 Å². The predicted octanol–water partition coefficient (Wildman–Crippen LogP) is 1.20. The summed E-state index contributed by atoms with van der Waals surface area (Å²) in [5.74, 6) is -0.793. The summed E-state index contributed by atoms with van der Waals surface area (Å²) in [6, 6.07) is 6.03. The van der Waals surface area contributed by atoms with Gasteiger partial charge < -0.3 is 5.11 Å². The van der Waals surface area contributed by atoms with Crippen LogP contribution < -0.4 is 10.9 Å². The van der Waals surface area contributed by atoms with Crippen molar-refractivity contribution in [1.82, 2.24) is 5.43 Å². The lowest BCUT2D eigenvalue weighted by molar-refractivity contribution is -0.384. The molecule has 1 aliphatic rings. The summed E-state index contributed by atoms with van der Waals surface area (Å²) in [4.78, 5) is 22.1. The lowest BCUT2D eigenvalue weighted by Gasteiger charge is -2.15. The highest BCUT2D eigenvalue weighted by Gasteiger charge is 2.31. The summed E-state index contributed by atoms with van der Waals surface area (Å²) in [7, 11) is 0. The molecule has 2 unspecified atom stereocenters. The standard InChI is InChI=1S/C12H15N3O4/c16-11-7-3-4-8(11)12(17)14-13-9-5-1-2-6-10(9)15(18)19/h1-2,5-6,8,11,13,16H,3-4,7H2,(H,14,17). The number of hydrogen-bond donors (Lipinski definition) is 3. The topological polar surface area (TPSA) is 104 Å². The molecule has 3 N–H and O–H groups in total. The molecule has 0 spiro atoms. The number of nitrogens with zero attached hydrogens (tertiary/aromatic N) is 1. The Hall–Kier alpha value is -2.15. The summed E-state index contributed by atoms with van der Waals surface area (Å²) < 4.78 is 0. The number of aliphatic hydroxyl groups is 1. The van der Waals surface area contributed by atoms with Gasteiger partial charge in [0.05, 0.1) is 16.9 Å². The van der Waals surface area contributed by atoms with Crippen LogP contribution in [0.4, 0.5) is 11.4 Å². The van der Waals surface area contributed by atoms with Crippen LogP contribution in [-0.2, 0) is 4.79 Å². The Balaban J connectivity index is 1.99. The highest BCUT2D eigenvalue weighted by Crippen LogP contribution is 2.26. The van der Waals surface area contributed by atoms with Gasteiger partial charge in [0.15, 0.2) is 0 Å². The second kappa shape index (κ2) is 5.66. The Labute approximate surface area is 109 Å². The minimum atomic E-state index is -0.632. The van der Waals surface area contributed by atoms with Crippen molar-refractivity contribution in [1.29, 1.82) is 0 Å².